The number of amides is 1. The van der Waals surface area contributed by atoms with Crippen LogP contribution in [0.25, 0.3) is 21.6 Å². The van der Waals surface area contributed by atoms with Gasteiger partial charge >= 0.3 is 0 Å². The number of unbranched alkanes of at least 4 members (excludes halogenated alkanes) is 1. The topological polar surface area (TPSA) is 51.0 Å². The highest BCUT2D eigenvalue weighted by atomic mass is 32.1. The first-order chi connectivity index (χ1) is 11.5. The first-order valence-electron chi connectivity index (χ1n) is 8.16. The minimum atomic E-state index is 0.0322. The van der Waals surface area contributed by atoms with Crippen LogP contribution in [0.3, 0.4) is 0 Å². The van der Waals surface area contributed by atoms with Gasteiger partial charge in [0.2, 0.25) is 0 Å². The predicted molar refractivity (Wildman–Crippen MR) is 98.4 cm³/mol. The second-order valence-corrected chi connectivity index (χ2v) is 6.97. The number of aromatic nitrogens is 3. The molecule has 0 aliphatic heterocycles. The van der Waals surface area contributed by atoms with E-state index in [0.717, 1.165) is 46.7 Å². The minimum absolute atomic E-state index is 0.0322. The number of nitrogens with zero attached hydrogens (tertiary/aromatic N) is 4. The summed E-state index contributed by atoms with van der Waals surface area (Å²) in [6.07, 6.45) is 2.07. The fraction of sp³-hybridized carbons (Fsp3) is 0.389. The van der Waals surface area contributed by atoms with Gasteiger partial charge in [-0.05, 0) is 30.9 Å². The van der Waals surface area contributed by atoms with Crippen LogP contribution in [0.2, 0.25) is 0 Å². The summed E-state index contributed by atoms with van der Waals surface area (Å²) in [5, 5.41) is 7.34. The summed E-state index contributed by atoms with van der Waals surface area (Å²) in [4.78, 5) is 20.6. The van der Waals surface area contributed by atoms with Gasteiger partial charge in [0.25, 0.3) is 5.91 Å². The first kappa shape index (κ1) is 16.6. The zero-order chi connectivity index (χ0) is 17.3. The van der Waals surface area contributed by atoms with Crippen LogP contribution < -0.4 is 0 Å². The fourth-order valence-corrected chi connectivity index (χ4v) is 3.55. The van der Waals surface area contributed by atoms with E-state index in [9.17, 15) is 4.79 Å². The summed E-state index contributed by atoms with van der Waals surface area (Å²) in [6, 6.07) is 5.93. The van der Waals surface area contributed by atoms with E-state index < -0.39 is 0 Å². The summed E-state index contributed by atoms with van der Waals surface area (Å²) < 4.78 is 1.75. The lowest BCUT2D eigenvalue weighted by atomic mass is 10.1. The van der Waals surface area contributed by atoms with Crippen LogP contribution >= 0.6 is 11.3 Å². The molecular weight excluding hydrogens is 320 g/mol. The maximum Gasteiger partial charge on any atom is 0.254 e. The lowest BCUT2D eigenvalue weighted by Crippen LogP contribution is -2.28. The smallest absolute Gasteiger partial charge is 0.254 e. The number of thiophene rings is 1. The molecule has 0 fully saturated rings. The third-order valence-electron chi connectivity index (χ3n) is 4.17. The lowest BCUT2D eigenvalue weighted by Gasteiger charge is -2.18. The molecule has 0 aromatic carbocycles. The second-order valence-electron chi connectivity index (χ2n) is 6.02. The largest absolute Gasteiger partial charge is 0.342 e. The van der Waals surface area contributed by atoms with Crippen LogP contribution in [0.5, 0.6) is 0 Å². The van der Waals surface area contributed by atoms with Crippen molar-refractivity contribution in [1.82, 2.24) is 19.7 Å². The Labute approximate surface area is 145 Å². The molecule has 0 unspecified atom stereocenters. The first-order valence-corrected chi connectivity index (χ1v) is 9.04. The average molecular weight is 342 g/mol. The number of fused-ring (bicyclic) bond motifs is 1. The number of aryl methyl sites for hydroxylation is 2. The van der Waals surface area contributed by atoms with Gasteiger partial charge < -0.3 is 4.90 Å². The Hall–Kier alpha value is -2.21. The Kier molecular flexibility index (Phi) is 4.66. The quantitative estimate of drug-likeness (QED) is 0.707. The van der Waals surface area contributed by atoms with Crippen molar-refractivity contribution in [2.75, 3.05) is 13.6 Å². The van der Waals surface area contributed by atoms with Crippen LogP contribution in [0.15, 0.2) is 23.6 Å². The molecule has 3 aromatic rings. The molecule has 3 rings (SSSR count). The van der Waals surface area contributed by atoms with Crippen molar-refractivity contribution in [3.05, 3.63) is 34.8 Å². The molecule has 3 heterocycles. The number of carbonyl (C=O) groups is 1. The van der Waals surface area contributed by atoms with E-state index >= 15 is 0 Å². The monoisotopic (exact) mass is 342 g/mol. The van der Waals surface area contributed by atoms with Crippen LogP contribution in [0.4, 0.5) is 0 Å². The van der Waals surface area contributed by atoms with Crippen LogP contribution in [-0.2, 0) is 7.05 Å². The summed E-state index contributed by atoms with van der Waals surface area (Å²) in [7, 11) is 3.73. The van der Waals surface area contributed by atoms with Gasteiger partial charge in [0.05, 0.1) is 27.2 Å². The maximum absolute atomic E-state index is 13.0. The van der Waals surface area contributed by atoms with Gasteiger partial charge in [0, 0.05) is 20.6 Å². The molecular formula is C18H22N4OS. The number of pyridine rings is 1. The number of hydrogen-bond acceptors (Lipinski definition) is 4. The third kappa shape index (κ3) is 2.94. The molecule has 5 nitrogen and oxygen atoms in total. The summed E-state index contributed by atoms with van der Waals surface area (Å²) in [5.74, 6) is 0.0322. The lowest BCUT2D eigenvalue weighted by molar-refractivity contribution is 0.0795. The van der Waals surface area contributed by atoms with Gasteiger partial charge in [-0.25, -0.2) is 4.98 Å². The Morgan fingerprint density at radius 2 is 2.21 bits per heavy atom. The van der Waals surface area contributed by atoms with Crippen molar-refractivity contribution in [1.29, 1.82) is 0 Å². The van der Waals surface area contributed by atoms with Crippen molar-refractivity contribution in [3.8, 4) is 10.6 Å². The third-order valence-corrected chi connectivity index (χ3v) is 5.06. The number of carbonyl (C=O) groups excluding carboxylic acids is 1. The normalized spacial score (nSPS) is 11.2. The van der Waals surface area contributed by atoms with E-state index in [4.69, 9.17) is 4.98 Å². The van der Waals surface area contributed by atoms with Gasteiger partial charge in [0.15, 0.2) is 5.65 Å². The molecule has 0 bridgehead atoms. The van der Waals surface area contributed by atoms with Gasteiger partial charge in [-0.15, -0.1) is 11.3 Å². The standard InChI is InChI=1S/C18H22N4OS/c1-5-6-9-21(3)18(23)13-11-14(15-8-7-10-24-15)19-17-16(13)12(2)20-22(17)4/h7-8,10-11H,5-6,9H2,1-4H3. The van der Waals surface area contributed by atoms with Gasteiger partial charge in [-0.1, -0.05) is 19.4 Å². The molecule has 0 spiro atoms. The predicted octanol–water partition coefficient (Wildman–Crippen LogP) is 3.88. The highest BCUT2D eigenvalue weighted by Gasteiger charge is 2.21. The van der Waals surface area contributed by atoms with E-state index in [1.54, 1.807) is 20.9 Å². The molecule has 0 saturated carbocycles. The van der Waals surface area contributed by atoms with Gasteiger partial charge in [0.1, 0.15) is 0 Å². The highest BCUT2D eigenvalue weighted by molar-refractivity contribution is 7.13. The summed E-state index contributed by atoms with van der Waals surface area (Å²) >= 11 is 1.62. The second kappa shape index (κ2) is 6.73. The molecule has 3 aromatic heterocycles. The Bertz CT molecular complexity index is 867. The average Bonchev–Trinajstić information content (AvgIpc) is 3.20. The fourth-order valence-electron chi connectivity index (χ4n) is 2.87. The Balaban J connectivity index is 2.16. The van der Waals surface area contributed by atoms with E-state index in [2.05, 4.69) is 12.0 Å². The molecule has 126 valence electrons. The molecule has 6 heteroatoms. The van der Waals surface area contributed by atoms with Crippen molar-refractivity contribution in [2.45, 2.75) is 26.7 Å². The van der Waals surface area contributed by atoms with Crippen molar-refractivity contribution >= 4 is 28.3 Å². The SMILES string of the molecule is CCCCN(C)C(=O)c1cc(-c2cccs2)nc2c1c(C)nn2C. The Morgan fingerprint density at radius 3 is 2.88 bits per heavy atom. The molecule has 1 amide bonds. The minimum Gasteiger partial charge on any atom is -0.342 e. The zero-order valence-electron chi connectivity index (χ0n) is 14.5. The molecule has 0 atom stereocenters. The van der Waals surface area contributed by atoms with Crippen LogP contribution in [0.1, 0.15) is 35.8 Å². The highest BCUT2D eigenvalue weighted by Crippen LogP contribution is 2.29. The zero-order valence-corrected chi connectivity index (χ0v) is 15.4. The number of rotatable bonds is 5. The molecule has 0 aliphatic carbocycles. The van der Waals surface area contributed by atoms with Gasteiger partial charge in [-0.2, -0.15) is 5.10 Å². The van der Waals surface area contributed by atoms with Crippen LogP contribution in [0, 0.1) is 6.92 Å². The van der Waals surface area contributed by atoms with E-state index in [1.165, 1.54) is 0 Å². The van der Waals surface area contributed by atoms with E-state index in [1.807, 2.05) is 44.6 Å². The summed E-state index contributed by atoms with van der Waals surface area (Å²) in [6.45, 7) is 4.81. The summed E-state index contributed by atoms with van der Waals surface area (Å²) in [5.41, 5.74) is 3.11. The van der Waals surface area contributed by atoms with Gasteiger partial charge in [-0.3, -0.25) is 9.48 Å². The molecule has 0 saturated heterocycles. The van der Waals surface area contributed by atoms with Crippen molar-refractivity contribution in [3.63, 3.8) is 0 Å². The van der Waals surface area contributed by atoms with Crippen LogP contribution in [-0.4, -0.2) is 39.2 Å². The maximum atomic E-state index is 13.0. The molecule has 0 N–H and O–H groups in total. The van der Waals surface area contributed by atoms with E-state index in [-0.39, 0.29) is 5.91 Å². The number of hydrogen-bond donors (Lipinski definition) is 0. The molecule has 0 aliphatic rings. The molecule has 0 radical (unpaired) electrons. The molecule has 24 heavy (non-hydrogen) atoms. The van der Waals surface area contributed by atoms with Crippen molar-refractivity contribution in [2.24, 2.45) is 7.05 Å². The van der Waals surface area contributed by atoms with Crippen molar-refractivity contribution < 1.29 is 4.79 Å². The van der Waals surface area contributed by atoms with E-state index in [0.29, 0.717) is 5.56 Å². The Morgan fingerprint density at radius 1 is 1.42 bits per heavy atom.